The summed E-state index contributed by atoms with van der Waals surface area (Å²) in [6.45, 7) is 5.21. The highest BCUT2D eigenvalue weighted by atomic mass is 16.5. The number of carbonyl (C=O) groups excluding carboxylic acids is 1. The van der Waals surface area contributed by atoms with Gasteiger partial charge in [-0.25, -0.2) is 4.98 Å². The van der Waals surface area contributed by atoms with Crippen LogP contribution in [0.5, 0.6) is 0 Å². The summed E-state index contributed by atoms with van der Waals surface area (Å²) in [5.41, 5.74) is 5.03. The molecule has 7 nitrogen and oxygen atoms in total. The van der Waals surface area contributed by atoms with E-state index < -0.39 is 0 Å². The molecule has 0 bridgehead atoms. The fourth-order valence-electron chi connectivity index (χ4n) is 3.81. The molecule has 0 radical (unpaired) electrons. The Kier molecular flexibility index (Phi) is 5.09. The van der Waals surface area contributed by atoms with Crippen molar-refractivity contribution in [3.05, 3.63) is 78.2 Å². The maximum absolute atomic E-state index is 12.7. The Balaban J connectivity index is 1.44. The predicted octanol–water partition coefficient (Wildman–Crippen LogP) is 3.79. The first-order valence-electron chi connectivity index (χ1n) is 10.3. The number of anilines is 2. The second-order valence-corrected chi connectivity index (χ2v) is 7.51. The van der Waals surface area contributed by atoms with E-state index in [-0.39, 0.29) is 5.91 Å². The van der Waals surface area contributed by atoms with Crippen molar-refractivity contribution >= 4 is 23.1 Å². The van der Waals surface area contributed by atoms with Crippen molar-refractivity contribution in [2.45, 2.75) is 6.92 Å². The lowest BCUT2D eigenvalue weighted by molar-refractivity contribution is 0.102. The SMILES string of the molecule is Cc1nc2cnc(-c3ccc(N4CCOCC4)cc3)cn2c1NC(=O)c1ccccc1. The summed E-state index contributed by atoms with van der Waals surface area (Å²) in [4.78, 5) is 24.1. The van der Waals surface area contributed by atoms with Crippen molar-refractivity contribution in [3.8, 4) is 11.3 Å². The van der Waals surface area contributed by atoms with Gasteiger partial charge in [-0.1, -0.05) is 30.3 Å². The molecule has 31 heavy (non-hydrogen) atoms. The molecule has 5 rings (SSSR count). The van der Waals surface area contributed by atoms with Crippen LogP contribution in [0.4, 0.5) is 11.5 Å². The van der Waals surface area contributed by atoms with Gasteiger partial charge in [0.25, 0.3) is 5.91 Å². The molecule has 1 amide bonds. The fourth-order valence-corrected chi connectivity index (χ4v) is 3.81. The Bertz CT molecular complexity index is 1210. The van der Waals surface area contributed by atoms with Gasteiger partial charge < -0.3 is 15.0 Å². The quantitative estimate of drug-likeness (QED) is 0.551. The van der Waals surface area contributed by atoms with E-state index in [2.05, 4.69) is 44.5 Å². The molecule has 7 heteroatoms. The van der Waals surface area contributed by atoms with E-state index in [0.29, 0.717) is 17.0 Å². The first kappa shape index (κ1) is 19.3. The Morgan fingerprint density at radius 1 is 1.03 bits per heavy atom. The summed E-state index contributed by atoms with van der Waals surface area (Å²) in [5.74, 6) is 0.483. The summed E-state index contributed by atoms with van der Waals surface area (Å²) in [6.07, 6.45) is 3.65. The number of morpholine rings is 1. The van der Waals surface area contributed by atoms with Gasteiger partial charge in [-0.05, 0) is 31.2 Å². The molecule has 3 heterocycles. The topological polar surface area (TPSA) is 71.8 Å². The number of nitrogens with one attached hydrogen (secondary N) is 1. The molecule has 2 aromatic carbocycles. The maximum Gasteiger partial charge on any atom is 0.256 e. The van der Waals surface area contributed by atoms with E-state index in [4.69, 9.17) is 4.74 Å². The van der Waals surface area contributed by atoms with Gasteiger partial charge >= 0.3 is 0 Å². The lowest BCUT2D eigenvalue weighted by Crippen LogP contribution is -2.36. The van der Waals surface area contributed by atoms with Gasteiger partial charge in [0.05, 0.1) is 30.8 Å². The van der Waals surface area contributed by atoms with Gasteiger partial charge in [0.2, 0.25) is 0 Å². The number of hydrogen-bond acceptors (Lipinski definition) is 5. The van der Waals surface area contributed by atoms with E-state index in [1.807, 2.05) is 35.7 Å². The molecule has 2 aromatic heterocycles. The average molecular weight is 413 g/mol. The van der Waals surface area contributed by atoms with Gasteiger partial charge in [-0.3, -0.25) is 14.2 Å². The standard InChI is InChI=1S/C24H23N5O2/c1-17-23(27-24(30)19-5-3-2-4-6-19)29-16-21(25-15-22(29)26-17)18-7-9-20(10-8-18)28-11-13-31-14-12-28/h2-10,15-16H,11-14H2,1H3,(H,27,30). The molecule has 1 aliphatic heterocycles. The summed E-state index contributed by atoms with van der Waals surface area (Å²) >= 11 is 0. The monoisotopic (exact) mass is 413 g/mol. The number of rotatable bonds is 4. The van der Waals surface area contributed by atoms with Crippen LogP contribution in [-0.4, -0.2) is 46.6 Å². The van der Waals surface area contributed by atoms with Crippen LogP contribution >= 0.6 is 0 Å². The van der Waals surface area contributed by atoms with Crippen LogP contribution in [0, 0.1) is 6.92 Å². The number of ether oxygens (including phenoxy) is 1. The molecule has 0 unspecified atom stereocenters. The number of aryl methyl sites for hydroxylation is 1. The molecule has 156 valence electrons. The molecule has 0 aliphatic carbocycles. The van der Waals surface area contributed by atoms with Gasteiger partial charge in [0.1, 0.15) is 5.82 Å². The summed E-state index contributed by atoms with van der Waals surface area (Å²) in [7, 11) is 0. The van der Waals surface area contributed by atoms with Crippen LogP contribution in [0.25, 0.3) is 16.9 Å². The first-order chi connectivity index (χ1) is 15.2. The summed E-state index contributed by atoms with van der Waals surface area (Å²) in [6, 6.07) is 17.5. The molecule has 1 N–H and O–H groups in total. The molecular weight excluding hydrogens is 390 g/mol. The van der Waals surface area contributed by atoms with Crippen molar-refractivity contribution in [1.82, 2.24) is 14.4 Å². The second kappa shape index (κ2) is 8.20. The van der Waals surface area contributed by atoms with E-state index >= 15 is 0 Å². The van der Waals surface area contributed by atoms with Crippen molar-refractivity contribution in [2.24, 2.45) is 0 Å². The minimum Gasteiger partial charge on any atom is -0.378 e. The number of nitrogens with zero attached hydrogens (tertiary/aromatic N) is 4. The van der Waals surface area contributed by atoms with Crippen molar-refractivity contribution in [2.75, 3.05) is 36.5 Å². The molecule has 0 saturated carbocycles. The number of hydrogen-bond donors (Lipinski definition) is 1. The van der Waals surface area contributed by atoms with Crippen LogP contribution in [0.3, 0.4) is 0 Å². The van der Waals surface area contributed by atoms with Crippen LogP contribution in [0.2, 0.25) is 0 Å². The van der Waals surface area contributed by atoms with Gasteiger partial charge in [-0.15, -0.1) is 0 Å². The van der Waals surface area contributed by atoms with Gasteiger partial charge in [0.15, 0.2) is 5.65 Å². The van der Waals surface area contributed by atoms with E-state index in [9.17, 15) is 4.79 Å². The van der Waals surface area contributed by atoms with Gasteiger partial charge in [0, 0.05) is 36.1 Å². The van der Waals surface area contributed by atoms with Crippen LogP contribution in [-0.2, 0) is 4.74 Å². The fraction of sp³-hybridized carbons (Fsp3) is 0.208. The van der Waals surface area contributed by atoms with Crippen molar-refractivity contribution < 1.29 is 9.53 Å². The highest BCUT2D eigenvalue weighted by Gasteiger charge is 2.15. The molecule has 0 atom stereocenters. The Labute approximate surface area is 180 Å². The zero-order valence-corrected chi connectivity index (χ0v) is 17.3. The van der Waals surface area contributed by atoms with Crippen molar-refractivity contribution in [3.63, 3.8) is 0 Å². The Morgan fingerprint density at radius 3 is 2.52 bits per heavy atom. The zero-order valence-electron chi connectivity index (χ0n) is 17.3. The smallest absolute Gasteiger partial charge is 0.256 e. The average Bonchev–Trinajstić information content (AvgIpc) is 3.14. The maximum atomic E-state index is 12.7. The number of imidazole rings is 1. The molecule has 1 aliphatic rings. The molecule has 0 spiro atoms. The molecular formula is C24H23N5O2. The van der Waals surface area contributed by atoms with Crippen LogP contribution < -0.4 is 10.2 Å². The van der Waals surface area contributed by atoms with E-state index in [1.165, 1.54) is 5.69 Å². The minimum absolute atomic E-state index is 0.168. The Morgan fingerprint density at radius 2 is 1.77 bits per heavy atom. The molecule has 4 aromatic rings. The van der Waals surface area contributed by atoms with Crippen molar-refractivity contribution in [1.29, 1.82) is 0 Å². The van der Waals surface area contributed by atoms with Crippen LogP contribution in [0.15, 0.2) is 67.0 Å². The summed E-state index contributed by atoms with van der Waals surface area (Å²) < 4.78 is 7.32. The number of fused-ring (bicyclic) bond motifs is 1. The lowest BCUT2D eigenvalue weighted by Gasteiger charge is -2.28. The largest absolute Gasteiger partial charge is 0.378 e. The minimum atomic E-state index is -0.168. The Hall–Kier alpha value is -3.71. The zero-order chi connectivity index (χ0) is 21.2. The van der Waals surface area contributed by atoms with Crippen LogP contribution in [0.1, 0.15) is 16.1 Å². The third-order valence-electron chi connectivity index (χ3n) is 5.49. The number of benzene rings is 2. The second-order valence-electron chi connectivity index (χ2n) is 7.51. The van der Waals surface area contributed by atoms with E-state index in [1.54, 1.807) is 18.3 Å². The molecule has 1 fully saturated rings. The lowest BCUT2D eigenvalue weighted by atomic mass is 10.1. The highest BCUT2D eigenvalue weighted by molar-refractivity contribution is 6.04. The summed E-state index contributed by atoms with van der Waals surface area (Å²) in [5, 5.41) is 3.00. The normalized spacial score (nSPS) is 14.0. The van der Waals surface area contributed by atoms with E-state index in [0.717, 1.165) is 43.3 Å². The first-order valence-corrected chi connectivity index (χ1v) is 10.3. The van der Waals surface area contributed by atoms with Gasteiger partial charge in [-0.2, -0.15) is 0 Å². The highest BCUT2D eigenvalue weighted by Crippen LogP contribution is 2.25. The number of carbonyl (C=O) groups is 1. The predicted molar refractivity (Wildman–Crippen MR) is 121 cm³/mol. The third kappa shape index (κ3) is 3.87. The number of aromatic nitrogens is 3. The number of amides is 1. The molecule has 1 saturated heterocycles. The third-order valence-corrected chi connectivity index (χ3v) is 5.49.